The summed E-state index contributed by atoms with van der Waals surface area (Å²) in [5.74, 6) is 0.851. The number of benzene rings is 3. The van der Waals surface area contributed by atoms with Gasteiger partial charge in [-0.2, -0.15) is 0 Å². The molecule has 0 aliphatic carbocycles. The van der Waals surface area contributed by atoms with Gasteiger partial charge in [0.1, 0.15) is 28.7 Å². The van der Waals surface area contributed by atoms with Gasteiger partial charge in [0, 0.05) is 11.6 Å². The maximum absolute atomic E-state index is 13.8. The van der Waals surface area contributed by atoms with Crippen molar-refractivity contribution in [2.75, 3.05) is 38.7 Å². The van der Waals surface area contributed by atoms with Gasteiger partial charge in [0.15, 0.2) is 0 Å². The molecular formula is C26H24N2O6. The van der Waals surface area contributed by atoms with Crippen molar-refractivity contribution in [1.82, 2.24) is 0 Å². The first-order valence-electron chi connectivity index (χ1n) is 10.4. The van der Waals surface area contributed by atoms with Crippen LogP contribution in [-0.4, -0.2) is 40.3 Å². The summed E-state index contributed by atoms with van der Waals surface area (Å²) in [4.78, 5) is 28.6. The van der Waals surface area contributed by atoms with Crippen molar-refractivity contribution < 1.29 is 28.5 Å². The van der Waals surface area contributed by atoms with Crippen LogP contribution < -0.4 is 29.2 Å². The maximum Gasteiger partial charge on any atom is 0.282 e. The fourth-order valence-corrected chi connectivity index (χ4v) is 3.82. The van der Waals surface area contributed by atoms with Gasteiger partial charge in [0.2, 0.25) is 0 Å². The second-order valence-corrected chi connectivity index (χ2v) is 7.26. The van der Waals surface area contributed by atoms with E-state index in [-0.39, 0.29) is 11.3 Å². The Balaban J connectivity index is 1.89. The average Bonchev–Trinajstić information content (AvgIpc) is 3.12. The number of rotatable bonds is 8. The van der Waals surface area contributed by atoms with Crippen LogP contribution >= 0.6 is 0 Å². The number of hydrogen-bond acceptors (Lipinski definition) is 7. The molecule has 1 aliphatic rings. The van der Waals surface area contributed by atoms with Crippen molar-refractivity contribution >= 4 is 28.8 Å². The van der Waals surface area contributed by atoms with E-state index < -0.39 is 11.8 Å². The molecular weight excluding hydrogens is 436 g/mol. The molecule has 1 heterocycles. The largest absolute Gasteiger partial charge is 0.497 e. The van der Waals surface area contributed by atoms with Crippen molar-refractivity contribution in [2.45, 2.75) is 0 Å². The van der Waals surface area contributed by atoms with Crippen molar-refractivity contribution in [3.8, 4) is 23.0 Å². The second-order valence-electron chi connectivity index (χ2n) is 7.26. The standard InChI is InChI=1S/C26H24N2O6/c1-31-16-13-14-18(22(15-16)34-4)27-24-23(17-9-5-7-11-20(17)32-2)25(29)28(26(24)30)19-10-6-8-12-21(19)33-3/h5-15,27H,1-4H3. The van der Waals surface area contributed by atoms with Crippen molar-refractivity contribution in [3.63, 3.8) is 0 Å². The van der Waals surface area contributed by atoms with E-state index in [2.05, 4.69) is 5.32 Å². The predicted octanol–water partition coefficient (Wildman–Crippen LogP) is 4.12. The van der Waals surface area contributed by atoms with Crippen LogP contribution in [-0.2, 0) is 9.59 Å². The Morgan fingerprint density at radius 2 is 1.32 bits per heavy atom. The van der Waals surface area contributed by atoms with Gasteiger partial charge in [-0.25, -0.2) is 4.90 Å². The zero-order chi connectivity index (χ0) is 24.2. The van der Waals surface area contributed by atoms with Gasteiger partial charge < -0.3 is 24.3 Å². The Bertz CT molecular complexity index is 1280. The average molecular weight is 460 g/mol. The number of para-hydroxylation sites is 3. The molecule has 34 heavy (non-hydrogen) atoms. The lowest BCUT2D eigenvalue weighted by molar-refractivity contribution is -0.120. The van der Waals surface area contributed by atoms with Gasteiger partial charge in [-0.05, 0) is 30.3 Å². The lowest BCUT2D eigenvalue weighted by Crippen LogP contribution is -2.32. The molecule has 0 aromatic heterocycles. The van der Waals surface area contributed by atoms with Crippen molar-refractivity contribution in [1.29, 1.82) is 0 Å². The Morgan fingerprint density at radius 3 is 2.00 bits per heavy atom. The van der Waals surface area contributed by atoms with E-state index in [1.807, 2.05) is 0 Å². The second kappa shape index (κ2) is 9.58. The normalized spacial score (nSPS) is 13.2. The molecule has 0 unspecified atom stereocenters. The summed E-state index contributed by atoms with van der Waals surface area (Å²) >= 11 is 0. The van der Waals surface area contributed by atoms with Crippen LogP contribution in [0.4, 0.5) is 11.4 Å². The third-order valence-electron chi connectivity index (χ3n) is 5.45. The molecule has 8 nitrogen and oxygen atoms in total. The van der Waals surface area contributed by atoms with Crippen LogP contribution in [0.3, 0.4) is 0 Å². The number of hydrogen-bond donors (Lipinski definition) is 1. The van der Waals surface area contributed by atoms with E-state index in [0.29, 0.717) is 39.9 Å². The number of carbonyl (C=O) groups is 2. The van der Waals surface area contributed by atoms with Crippen LogP contribution in [0, 0.1) is 0 Å². The zero-order valence-electron chi connectivity index (χ0n) is 19.2. The smallest absolute Gasteiger partial charge is 0.282 e. The summed E-state index contributed by atoms with van der Waals surface area (Å²) in [5.41, 5.74) is 1.57. The fourth-order valence-electron chi connectivity index (χ4n) is 3.82. The molecule has 0 atom stereocenters. The first-order chi connectivity index (χ1) is 16.5. The molecule has 0 saturated heterocycles. The molecule has 0 spiro atoms. The highest BCUT2D eigenvalue weighted by molar-refractivity contribution is 6.46. The van der Waals surface area contributed by atoms with E-state index in [9.17, 15) is 9.59 Å². The maximum atomic E-state index is 13.8. The molecule has 174 valence electrons. The molecule has 3 aromatic carbocycles. The Hall–Kier alpha value is -4.46. The SMILES string of the molecule is COc1ccc(NC2=C(c3ccccc3OC)C(=O)N(c3ccccc3OC)C2=O)c(OC)c1. The predicted molar refractivity (Wildman–Crippen MR) is 129 cm³/mol. The van der Waals surface area contributed by atoms with Crippen molar-refractivity contribution in [2.24, 2.45) is 0 Å². The number of ether oxygens (including phenoxy) is 4. The third-order valence-corrected chi connectivity index (χ3v) is 5.45. The highest BCUT2D eigenvalue weighted by atomic mass is 16.5. The third kappa shape index (κ3) is 3.90. The highest BCUT2D eigenvalue weighted by Crippen LogP contribution is 2.41. The number of amides is 2. The van der Waals surface area contributed by atoms with Crippen LogP contribution in [0.5, 0.6) is 23.0 Å². The molecule has 0 saturated carbocycles. The molecule has 1 N–H and O–H groups in total. The quantitative estimate of drug-likeness (QED) is 0.506. The monoisotopic (exact) mass is 460 g/mol. The number of carbonyl (C=O) groups excluding carboxylic acids is 2. The molecule has 0 bridgehead atoms. The number of anilines is 2. The zero-order valence-corrected chi connectivity index (χ0v) is 19.2. The van der Waals surface area contributed by atoms with Crippen molar-refractivity contribution in [3.05, 3.63) is 78.0 Å². The Labute approximate surface area is 197 Å². The van der Waals surface area contributed by atoms with E-state index in [4.69, 9.17) is 18.9 Å². The van der Waals surface area contributed by atoms with Crippen LogP contribution in [0.15, 0.2) is 72.4 Å². The molecule has 0 radical (unpaired) electrons. The first-order valence-corrected chi connectivity index (χ1v) is 10.4. The van der Waals surface area contributed by atoms with Crippen LogP contribution in [0.1, 0.15) is 5.56 Å². The molecule has 2 amide bonds. The Morgan fingerprint density at radius 1 is 0.676 bits per heavy atom. The highest BCUT2D eigenvalue weighted by Gasteiger charge is 2.42. The lowest BCUT2D eigenvalue weighted by atomic mass is 10.0. The minimum absolute atomic E-state index is 0.0869. The van der Waals surface area contributed by atoms with E-state index in [1.54, 1.807) is 73.8 Å². The minimum Gasteiger partial charge on any atom is -0.497 e. The molecule has 3 aromatic rings. The van der Waals surface area contributed by atoms with Gasteiger partial charge in [0.05, 0.1) is 45.4 Å². The van der Waals surface area contributed by atoms with Gasteiger partial charge >= 0.3 is 0 Å². The lowest BCUT2D eigenvalue weighted by Gasteiger charge is -2.18. The van der Waals surface area contributed by atoms with Gasteiger partial charge in [-0.1, -0.05) is 30.3 Å². The first kappa shape index (κ1) is 22.7. The topological polar surface area (TPSA) is 86.3 Å². The van der Waals surface area contributed by atoms with Gasteiger partial charge in [0.25, 0.3) is 11.8 Å². The van der Waals surface area contributed by atoms with E-state index in [1.165, 1.54) is 21.3 Å². The molecule has 0 fully saturated rings. The van der Waals surface area contributed by atoms with E-state index in [0.717, 1.165) is 4.90 Å². The van der Waals surface area contributed by atoms with Gasteiger partial charge in [-0.15, -0.1) is 0 Å². The molecule has 4 rings (SSSR count). The summed E-state index contributed by atoms with van der Waals surface area (Å²) in [6.07, 6.45) is 0. The molecule has 1 aliphatic heterocycles. The summed E-state index contributed by atoms with van der Waals surface area (Å²) in [6.45, 7) is 0. The van der Waals surface area contributed by atoms with Crippen LogP contribution in [0.2, 0.25) is 0 Å². The summed E-state index contributed by atoms with van der Waals surface area (Å²) in [6, 6.07) is 19.0. The summed E-state index contributed by atoms with van der Waals surface area (Å²) in [5, 5.41) is 3.12. The summed E-state index contributed by atoms with van der Waals surface area (Å²) < 4.78 is 21.6. The number of imide groups is 1. The number of nitrogens with zero attached hydrogens (tertiary/aromatic N) is 1. The molecule has 8 heteroatoms. The fraction of sp³-hybridized carbons (Fsp3) is 0.154. The number of nitrogens with one attached hydrogen (secondary N) is 1. The van der Waals surface area contributed by atoms with Gasteiger partial charge in [-0.3, -0.25) is 9.59 Å². The van der Waals surface area contributed by atoms with E-state index >= 15 is 0 Å². The van der Waals surface area contributed by atoms with Crippen LogP contribution in [0.25, 0.3) is 5.57 Å². The number of methoxy groups -OCH3 is 4. The Kier molecular flexibility index (Phi) is 6.40. The minimum atomic E-state index is -0.534. The summed E-state index contributed by atoms with van der Waals surface area (Å²) in [7, 11) is 6.06.